The third kappa shape index (κ3) is 3.20. The van der Waals surface area contributed by atoms with Gasteiger partial charge in [0.2, 0.25) is 5.91 Å². The van der Waals surface area contributed by atoms with Crippen LogP contribution < -0.4 is 0 Å². The van der Waals surface area contributed by atoms with Gasteiger partial charge in [-0.05, 0) is 42.9 Å². The fraction of sp³-hybridized carbons (Fsp3) is 0.632. The first-order valence-corrected chi connectivity index (χ1v) is 9.08. The van der Waals surface area contributed by atoms with Crippen LogP contribution in [0.15, 0.2) is 24.3 Å². The van der Waals surface area contributed by atoms with Crippen LogP contribution in [-0.4, -0.2) is 54.1 Å². The minimum Gasteiger partial charge on any atom is -0.376 e. The van der Waals surface area contributed by atoms with E-state index in [0.717, 1.165) is 51.2 Å². The van der Waals surface area contributed by atoms with Crippen molar-refractivity contribution in [2.24, 2.45) is 5.92 Å². The molecule has 0 aromatic heterocycles. The fourth-order valence-corrected chi connectivity index (χ4v) is 4.53. The number of hydrogen-bond acceptors (Lipinski definition) is 3. The molecule has 0 aliphatic carbocycles. The summed E-state index contributed by atoms with van der Waals surface area (Å²) in [5.41, 5.74) is 1.12. The van der Waals surface area contributed by atoms with Gasteiger partial charge in [-0.1, -0.05) is 12.1 Å². The number of amides is 1. The van der Waals surface area contributed by atoms with E-state index in [4.69, 9.17) is 4.74 Å². The van der Waals surface area contributed by atoms with Gasteiger partial charge < -0.3 is 9.64 Å². The highest BCUT2D eigenvalue weighted by molar-refractivity contribution is 5.78. The molecule has 1 amide bonds. The van der Waals surface area contributed by atoms with E-state index in [1.807, 2.05) is 12.1 Å². The molecule has 0 unspecified atom stereocenters. The highest BCUT2D eigenvalue weighted by Gasteiger charge is 2.44. The van der Waals surface area contributed by atoms with Crippen molar-refractivity contribution >= 4 is 5.91 Å². The van der Waals surface area contributed by atoms with E-state index in [9.17, 15) is 9.18 Å². The van der Waals surface area contributed by atoms with Crippen LogP contribution in [0.1, 0.15) is 31.2 Å². The Morgan fingerprint density at radius 2 is 2.00 bits per heavy atom. The average Bonchev–Trinajstić information content (AvgIpc) is 3.02. The van der Waals surface area contributed by atoms with Crippen LogP contribution in [0.5, 0.6) is 0 Å². The monoisotopic (exact) mass is 332 g/mol. The molecular formula is C19H25FN2O2. The van der Waals surface area contributed by atoms with Crippen molar-refractivity contribution in [3.8, 4) is 0 Å². The molecule has 0 radical (unpaired) electrons. The molecule has 4 nitrogen and oxygen atoms in total. The van der Waals surface area contributed by atoms with E-state index in [-0.39, 0.29) is 23.9 Å². The predicted octanol–water partition coefficient (Wildman–Crippen LogP) is 2.43. The number of nitrogens with zero attached hydrogens (tertiary/aromatic N) is 2. The van der Waals surface area contributed by atoms with E-state index >= 15 is 0 Å². The molecular weight excluding hydrogens is 307 g/mol. The Morgan fingerprint density at radius 1 is 1.17 bits per heavy atom. The van der Waals surface area contributed by atoms with E-state index in [0.29, 0.717) is 12.3 Å². The van der Waals surface area contributed by atoms with E-state index in [1.165, 1.54) is 18.6 Å². The van der Waals surface area contributed by atoms with Crippen LogP contribution in [0, 0.1) is 11.7 Å². The normalized spacial score (nSPS) is 31.3. The second-order valence-electron chi connectivity index (χ2n) is 7.32. The highest BCUT2D eigenvalue weighted by Crippen LogP contribution is 2.33. The number of piperidine rings is 1. The lowest BCUT2D eigenvalue weighted by Crippen LogP contribution is -2.61. The number of halogens is 1. The average molecular weight is 332 g/mol. The molecule has 3 saturated heterocycles. The van der Waals surface area contributed by atoms with Crippen LogP contribution in [0.3, 0.4) is 0 Å². The number of rotatable bonds is 3. The molecule has 1 aromatic carbocycles. The van der Waals surface area contributed by atoms with Gasteiger partial charge in [0.25, 0.3) is 0 Å². The highest BCUT2D eigenvalue weighted by atomic mass is 19.1. The molecule has 0 N–H and O–H groups in total. The topological polar surface area (TPSA) is 32.8 Å². The molecule has 130 valence electrons. The second-order valence-corrected chi connectivity index (χ2v) is 7.32. The number of benzene rings is 1. The van der Waals surface area contributed by atoms with Crippen LogP contribution in [0.25, 0.3) is 0 Å². The molecule has 0 bridgehead atoms. The second kappa shape index (κ2) is 6.81. The Hall–Kier alpha value is -1.46. The summed E-state index contributed by atoms with van der Waals surface area (Å²) in [6.45, 7) is 4.34. The van der Waals surface area contributed by atoms with Gasteiger partial charge >= 0.3 is 0 Å². The molecule has 1 aromatic rings. The molecule has 3 aliphatic rings. The molecule has 4 rings (SSSR count). The van der Waals surface area contributed by atoms with Gasteiger partial charge in [0.05, 0.1) is 12.1 Å². The van der Waals surface area contributed by atoms with Crippen LogP contribution >= 0.6 is 0 Å². The number of likely N-dealkylation sites (tertiary alicyclic amines) is 2. The van der Waals surface area contributed by atoms with Crippen molar-refractivity contribution in [2.45, 2.75) is 44.4 Å². The van der Waals surface area contributed by atoms with E-state index in [2.05, 4.69) is 9.80 Å². The number of ether oxygens (including phenoxy) is 1. The maximum Gasteiger partial charge on any atom is 0.223 e. The Balaban J connectivity index is 1.51. The zero-order valence-corrected chi connectivity index (χ0v) is 14.0. The summed E-state index contributed by atoms with van der Waals surface area (Å²) in [7, 11) is 0. The number of hydrogen-bond donors (Lipinski definition) is 0. The van der Waals surface area contributed by atoms with Crippen molar-refractivity contribution in [2.75, 3.05) is 26.2 Å². The van der Waals surface area contributed by atoms with E-state index in [1.54, 1.807) is 0 Å². The van der Waals surface area contributed by atoms with Crippen molar-refractivity contribution in [3.63, 3.8) is 0 Å². The fourth-order valence-electron chi connectivity index (χ4n) is 4.53. The summed E-state index contributed by atoms with van der Waals surface area (Å²) in [6.07, 6.45) is 4.09. The van der Waals surface area contributed by atoms with Gasteiger partial charge in [0.1, 0.15) is 5.82 Å². The minimum atomic E-state index is -0.196. The first-order chi connectivity index (χ1) is 11.7. The molecule has 3 fully saturated rings. The summed E-state index contributed by atoms with van der Waals surface area (Å²) in [6, 6.07) is 6.92. The largest absolute Gasteiger partial charge is 0.376 e. The number of carbonyl (C=O) groups is 1. The minimum absolute atomic E-state index is 0.166. The third-order valence-electron chi connectivity index (χ3n) is 5.64. The Kier molecular flexibility index (Phi) is 4.55. The zero-order chi connectivity index (χ0) is 16.5. The molecule has 3 heterocycles. The molecule has 3 atom stereocenters. The molecule has 5 heteroatoms. The smallest absolute Gasteiger partial charge is 0.223 e. The lowest BCUT2D eigenvalue weighted by atomic mass is 9.84. The Bertz CT molecular complexity index is 592. The summed E-state index contributed by atoms with van der Waals surface area (Å²) in [5, 5.41) is 0. The Labute approximate surface area is 142 Å². The van der Waals surface area contributed by atoms with Crippen molar-refractivity contribution in [1.29, 1.82) is 0 Å². The maximum absolute atomic E-state index is 13.1. The van der Waals surface area contributed by atoms with Gasteiger partial charge in [0, 0.05) is 39.2 Å². The van der Waals surface area contributed by atoms with Crippen molar-refractivity contribution < 1.29 is 13.9 Å². The molecule has 3 aliphatic heterocycles. The molecule has 0 spiro atoms. The van der Waals surface area contributed by atoms with E-state index < -0.39 is 0 Å². The molecule has 24 heavy (non-hydrogen) atoms. The van der Waals surface area contributed by atoms with Gasteiger partial charge in [-0.15, -0.1) is 0 Å². The van der Waals surface area contributed by atoms with Gasteiger partial charge in [-0.3, -0.25) is 9.69 Å². The summed E-state index contributed by atoms with van der Waals surface area (Å²) in [4.78, 5) is 16.7. The standard InChI is InChI=1S/C19H25FN2O2/c20-16-7-5-14(6-8-16)11-21-12-15-3-2-10-24-19(15)17(13-21)22-9-1-4-18(22)23/h5-8,15,17,19H,1-4,9-13H2/t15-,17+,19-/m0/s1. The SMILES string of the molecule is O=C1CCCN1[C@@H]1CN(Cc2ccc(F)cc2)C[C@@H]2CCCO[C@@H]21. The Morgan fingerprint density at radius 3 is 2.75 bits per heavy atom. The van der Waals surface area contributed by atoms with Gasteiger partial charge in [-0.2, -0.15) is 0 Å². The van der Waals surface area contributed by atoms with Crippen LogP contribution in [-0.2, 0) is 16.1 Å². The lowest BCUT2D eigenvalue weighted by molar-refractivity contribution is -0.145. The zero-order valence-electron chi connectivity index (χ0n) is 14.0. The molecule has 0 saturated carbocycles. The van der Waals surface area contributed by atoms with Crippen molar-refractivity contribution in [3.05, 3.63) is 35.6 Å². The van der Waals surface area contributed by atoms with Crippen LogP contribution in [0.2, 0.25) is 0 Å². The third-order valence-corrected chi connectivity index (χ3v) is 5.64. The van der Waals surface area contributed by atoms with Gasteiger partial charge in [0.15, 0.2) is 0 Å². The first kappa shape index (κ1) is 16.0. The quantitative estimate of drug-likeness (QED) is 0.852. The summed E-state index contributed by atoms with van der Waals surface area (Å²) >= 11 is 0. The summed E-state index contributed by atoms with van der Waals surface area (Å²) in [5.74, 6) is 0.571. The van der Waals surface area contributed by atoms with Crippen LogP contribution in [0.4, 0.5) is 4.39 Å². The summed E-state index contributed by atoms with van der Waals surface area (Å²) < 4.78 is 19.2. The van der Waals surface area contributed by atoms with Crippen molar-refractivity contribution in [1.82, 2.24) is 9.80 Å². The number of fused-ring (bicyclic) bond motifs is 1. The maximum atomic E-state index is 13.1. The predicted molar refractivity (Wildman–Crippen MR) is 88.9 cm³/mol. The number of carbonyl (C=O) groups excluding carboxylic acids is 1. The first-order valence-electron chi connectivity index (χ1n) is 9.08. The van der Waals surface area contributed by atoms with Gasteiger partial charge in [-0.25, -0.2) is 4.39 Å². The lowest BCUT2D eigenvalue weighted by Gasteiger charge is -2.48.